The van der Waals surface area contributed by atoms with Crippen LogP contribution in [-0.4, -0.2) is 6.29 Å². The van der Waals surface area contributed by atoms with Crippen molar-refractivity contribution in [1.82, 2.24) is 0 Å². The Morgan fingerprint density at radius 3 is 1.88 bits per heavy atom. The fraction of sp³-hybridized carbons (Fsp3) is 0.0455. The number of benzene rings is 2. The smallest absolute Gasteiger partial charge is 0.146 e. The predicted molar refractivity (Wildman–Crippen MR) is 97.3 cm³/mol. The van der Waals surface area contributed by atoms with Crippen LogP contribution in [0.25, 0.3) is 11.1 Å². The van der Waals surface area contributed by atoms with Gasteiger partial charge in [-0.15, -0.1) is 0 Å². The lowest BCUT2D eigenvalue weighted by atomic mass is 9.94. The molecule has 0 saturated carbocycles. The van der Waals surface area contributed by atoms with Crippen molar-refractivity contribution in [2.45, 2.75) is 6.92 Å². The number of furan rings is 1. The van der Waals surface area contributed by atoms with E-state index in [1.54, 1.807) is 13.2 Å². The maximum Gasteiger partial charge on any atom is 0.146 e. The van der Waals surface area contributed by atoms with Gasteiger partial charge in [0.05, 0.1) is 6.26 Å². The number of aldehydes is 1. The fourth-order valence-electron chi connectivity index (χ4n) is 2.59. The Labute approximate surface area is 141 Å². The van der Waals surface area contributed by atoms with Crippen LogP contribution in [-0.2, 0) is 4.79 Å². The number of allylic oxidation sites excluding steroid dienone is 3. The molecule has 0 fully saturated rings. The van der Waals surface area contributed by atoms with E-state index in [2.05, 4.69) is 24.3 Å². The Morgan fingerprint density at radius 2 is 1.42 bits per heavy atom. The fourth-order valence-corrected chi connectivity index (χ4v) is 2.59. The van der Waals surface area contributed by atoms with Crippen molar-refractivity contribution in [3.8, 4) is 0 Å². The Bertz CT molecular complexity index is 813. The van der Waals surface area contributed by atoms with Crippen LogP contribution in [0.4, 0.5) is 0 Å². The van der Waals surface area contributed by atoms with Crippen molar-refractivity contribution in [1.29, 1.82) is 0 Å². The largest absolute Gasteiger partial charge is 0.464 e. The summed E-state index contributed by atoms with van der Waals surface area (Å²) in [5.74, 6) is 0.684. The summed E-state index contributed by atoms with van der Waals surface area (Å²) in [6, 6.07) is 24.0. The van der Waals surface area contributed by atoms with Gasteiger partial charge in [0.15, 0.2) is 0 Å². The molecule has 0 aliphatic carbocycles. The van der Waals surface area contributed by atoms with Crippen LogP contribution in [0.5, 0.6) is 0 Å². The van der Waals surface area contributed by atoms with Gasteiger partial charge in [-0.1, -0.05) is 60.7 Å². The first-order valence-electron chi connectivity index (χ1n) is 7.82. The Hall–Kier alpha value is -3.13. The van der Waals surface area contributed by atoms with E-state index in [4.69, 9.17) is 4.42 Å². The monoisotopic (exact) mass is 314 g/mol. The van der Waals surface area contributed by atoms with E-state index >= 15 is 0 Å². The van der Waals surface area contributed by atoms with E-state index in [1.165, 1.54) is 0 Å². The Kier molecular flexibility index (Phi) is 4.87. The minimum absolute atomic E-state index is 0.634. The molecular weight excluding hydrogens is 296 g/mol. The quantitative estimate of drug-likeness (QED) is 0.359. The topological polar surface area (TPSA) is 30.2 Å². The average molecular weight is 314 g/mol. The van der Waals surface area contributed by atoms with Crippen molar-refractivity contribution in [3.63, 3.8) is 0 Å². The minimum atomic E-state index is 0.634. The molecule has 0 bridgehead atoms. The third-order valence-corrected chi connectivity index (χ3v) is 3.85. The third kappa shape index (κ3) is 3.44. The van der Waals surface area contributed by atoms with Crippen LogP contribution in [0.15, 0.2) is 95.1 Å². The van der Waals surface area contributed by atoms with Crippen LogP contribution in [0, 0.1) is 0 Å². The molecule has 0 aliphatic heterocycles. The molecule has 3 aromatic rings. The highest BCUT2D eigenvalue weighted by atomic mass is 16.3. The molecule has 1 aromatic heterocycles. The van der Waals surface area contributed by atoms with Crippen molar-refractivity contribution in [2.24, 2.45) is 0 Å². The van der Waals surface area contributed by atoms with E-state index in [9.17, 15) is 4.79 Å². The van der Waals surface area contributed by atoms with Gasteiger partial charge in [0.25, 0.3) is 0 Å². The highest BCUT2D eigenvalue weighted by molar-refractivity contribution is 5.96. The molecule has 2 nitrogen and oxygen atoms in total. The zero-order valence-corrected chi connectivity index (χ0v) is 13.5. The number of carbonyl (C=O) groups is 1. The second-order valence-electron chi connectivity index (χ2n) is 5.48. The van der Waals surface area contributed by atoms with Gasteiger partial charge in [0, 0.05) is 5.57 Å². The summed E-state index contributed by atoms with van der Waals surface area (Å²) >= 11 is 0. The van der Waals surface area contributed by atoms with Crippen molar-refractivity contribution in [2.75, 3.05) is 0 Å². The first kappa shape index (κ1) is 15.8. The van der Waals surface area contributed by atoms with Crippen molar-refractivity contribution >= 4 is 17.4 Å². The van der Waals surface area contributed by atoms with Crippen LogP contribution in [0.3, 0.4) is 0 Å². The second-order valence-corrected chi connectivity index (χ2v) is 5.48. The van der Waals surface area contributed by atoms with Gasteiger partial charge in [0.1, 0.15) is 12.0 Å². The zero-order chi connectivity index (χ0) is 16.8. The minimum Gasteiger partial charge on any atom is -0.464 e. The van der Waals surface area contributed by atoms with Gasteiger partial charge in [-0.2, -0.15) is 0 Å². The molecule has 0 N–H and O–H groups in total. The number of carbonyl (C=O) groups excluding carboxylic acids is 1. The average Bonchev–Trinajstić information content (AvgIpc) is 3.18. The maximum absolute atomic E-state index is 11.4. The second kappa shape index (κ2) is 7.42. The molecular formula is C22H18O2. The number of hydrogen-bond donors (Lipinski definition) is 0. The first-order chi connectivity index (χ1) is 11.8. The predicted octanol–water partition coefficient (Wildman–Crippen LogP) is 5.38. The lowest BCUT2D eigenvalue weighted by molar-refractivity contribution is -0.104. The highest BCUT2D eigenvalue weighted by Gasteiger charge is 2.11. The molecule has 0 radical (unpaired) electrons. The molecule has 2 heteroatoms. The third-order valence-electron chi connectivity index (χ3n) is 3.85. The van der Waals surface area contributed by atoms with Gasteiger partial charge >= 0.3 is 0 Å². The molecule has 0 amide bonds. The molecule has 0 atom stereocenters. The Balaban J connectivity index is 2.21. The molecule has 2 aromatic carbocycles. The summed E-state index contributed by atoms with van der Waals surface area (Å²) < 4.78 is 5.53. The van der Waals surface area contributed by atoms with E-state index in [1.807, 2.05) is 54.6 Å². The molecule has 118 valence electrons. The summed E-state index contributed by atoms with van der Waals surface area (Å²) in [5.41, 5.74) is 4.65. The van der Waals surface area contributed by atoms with E-state index in [0.29, 0.717) is 11.3 Å². The molecule has 24 heavy (non-hydrogen) atoms. The van der Waals surface area contributed by atoms with Crippen molar-refractivity contribution in [3.05, 3.63) is 108 Å². The lowest BCUT2D eigenvalue weighted by Crippen LogP contribution is -1.92. The molecule has 0 spiro atoms. The van der Waals surface area contributed by atoms with Crippen LogP contribution in [0.1, 0.15) is 23.8 Å². The summed E-state index contributed by atoms with van der Waals surface area (Å²) in [4.78, 5) is 11.4. The number of rotatable bonds is 5. The molecule has 1 heterocycles. The van der Waals surface area contributed by atoms with Gasteiger partial charge in [0.2, 0.25) is 0 Å². The van der Waals surface area contributed by atoms with E-state index in [0.717, 1.165) is 28.6 Å². The van der Waals surface area contributed by atoms with Gasteiger partial charge < -0.3 is 4.42 Å². The zero-order valence-electron chi connectivity index (χ0n) is 13.5. The summed E-state index contributed by atoms with van der Waals surface area (Å²) in [6.07, 6.45) is 4.50. The SMILES string of the molecule is C/C(C=O)=C(\C=C(c1ccccc1)c1ccccc1)c1ccco1. The van der Waals surface area contributed by atoms with E-state index in [-0.39, 0.29) is 0 Å². The van der Waals surface area contributed by atoms with Crippen LogP contribution < -0.4 is 0 Å². The van der Waals surface area contributed by atoms with Crippen LogP contribution in [0.2, 0.25) is 0 Å². The summed E-state index contributed by atoms with van der Waals surface area (Å²) in [7, 11) is 0. The Morgan fingerprint density at radius 1 is 0.833 bits per heavy atom. The van der Waals surface area contributed by atoms with Gasteiger partial charge in [-0.3, -0.25) is 4.79 Å². The normalized spacial score (nSPS) is 11.5. The molecule has 3 rings (SSSR count). The molecule has 0 saturated heterocycles. The maximum atomic E-state index is 11.4. The molecule has 0 unspecified atom stereocenters. The first-order valence-corrected chi connectivity index (χ1v) is 7.82. The van der Waals surface area contributed by atoms with Crippen molar-refractivity contribution < 1.29 is 9.21 Å². The molecule has 0 aliphatic rings. The van der Waals surface area contributed by atoms with Crippen LogP contribution >= 0.6 is 0 Å². The lowest BCUT2D eigenvalue weighted by Gasteiger charge is -2.10. The summed E-state index contributed by atoms with van der Waals surface area (Å²) in [6.45, 7) is 1.80. The highest BCUT2D eigenvalue weighted by Crippen LogP contribution is 2.29. The standard InChI is InChI=1S/C22H18O2/c1-17(16-23)20(22-13-8-14-24-22)15-21(18-9-4-2-5-10-18)19-11-6-3-7-12-19/h2-16H,1H3/b20-17-. The van der Waals surface area contributed by atoms with E-state index < -0.39 is 0 Å². The summed E-state index contributed by atoms with van der Waals surface area (Å²) in [5, 5.41) is 0. The van der Waals surface area contributed by atoms with Gasteiger partial charge in [-0.25, -0.2) is 0 Å². The number of hydrogen-bond acceptors (Lipinski definition) is 2. The van der Waals surface area contributed by atoms with Gasteiger partial charge in [-0.05, 0) is 47.4 Å².